The number of benzene rings is 1. The van der Waals surface area contributed by atoms with Crippen molar-refractivity contribution < 1.29 is 9.90 Å². The maximum Gasteiger partial charge on any atom is 0.313 e. The van der Waals surface area contributed by atoms with Crippen LogP contribution in [-0.4, -0.2) is 31.1 Å². The van der Waals surface area contributed by atoms with Gasteiger partial charge in [-0.2, -0.15) is 0 Å². The maximum atomic E-state index is 13.6. The second-order valence-corrected chi connectivity index (χ2v) is 11.2. The summed E-state index contributed by atoms with van der Waals surface area (Å²) in [5, 5.41) is 10.2. The molecule has 0 amide bonds. The molecule has 28 heavy (non-hydrogen) atoms. The van der Waals surface area contributed by atoms with Crippen molar-refractivity contribution in [3.8, 4) is 5.69 Å². The Morgan fingerprint density at radius 3 is 2.71 bits per heavy atom. The Morgan fingerprint density at radius 2 is 2.04 bits per heavy atom. The van der Waals surface area contributed by atoms with Crippen LogP contribution in [0.3, 0.4) is 0 Å². The molecule has 146 valence electrons. The van der Waals surface area contributed by atoms with E-state index < -0.39 is 5.97 Å². The maximum absolute atomic E-state index is 13.6. The van der Waals surface area contributed by atoms with Gasteiger partial charge in [0.05, 0.1) is 16.8 Å². The Labute approximate surface area is 175 Å². The molecular formula is C20H20N2O3S3. The van der Waals surface area contributed by atoms with Crippen LogP contribution in [-0.2, 0) is 17.0 Å². The van der Waals surface area contributed by atoms with Crippen molar-refractivity contribution in [1.29, 1.82) is 0 Å². The van der Waals surface area contributed by atoms with Crippen LogP contribution in [0.2, 0.25) is 0 Å². The molecule has 3 heterocycles. The van der Waals surface area contributed by atoms with Crippen LogP contribution >= 0.6 is 34.9 Å². The minimum Gasteiger partial charge on any atom is -0.481 e. The predicted molar refractivity (Wildman–Crippen MR) is 117 cm³/mol. The van der Waals surface area contributed by atoms with Crippen LogP contribution < -0.4 is 5.56 Å². The fraction of sp³-hybridized carbons (Fsp3) is 0.350. The number of rotatable bonds is 4. The first-order valence-corrected chi connectivity index (χ1v) is 11.7. The lowest BCUT2D eigenvalue weighted by Gasteiger charge is -2.28. The van der Waals surface area contributed by atoms with E-state index in [9.17, 15) is 9.59 Å². The molecule has 1 N–H and O–H groups in total. The molecule has 0 radical (unpaired) electrons. The van der Waals surface area contributed by atoms with Crippen LogP contribution in [0.4, 0.5) is 0 Å². The highest BCUT2D eigenvalue weighted by molar-refractivity contribution is 8.00. The molecule has 0 aliphatic carbocycles. The quantitative estimate of drug-likeness (QED) is 0.483. The van der Waals surface area contributed by atoms with Gasteiger partial charge in [0.1, 0.15) is 4.83 Å². The predicted octanol–water partition coefficient (Wildman–Crippen LogP) is 4.50. The lowest BCUT2D eigenvalue weighted by atomic mass is 10.00. The highest BCUT2D eigenvalue weighted by Crippen LogP contribution is 2.44. The van der Waals surface area contributed by atoms with Gasteiger partial charge in [0.25, 0.3) is 5.56 Å². The fourth-order valence-electron chi connectivity index (χ4n) is 3.32. The first kappa shape index (κ1) is 19.5. The number of aryl methyl sites for hydroxylation is 1. The zero-order valence-corrected chi connectivity index (χ0v) is 18.3. The number of carboxylic acids is 1. The number of carbonyl (C=O) groups is 1. The summed E-state index contributed by atoms with van der Waals surface area (Å²) in [4.78, 5) is 31.3. The number of hydrogen-bond donors (Lipinski definition) is 1. The second kappa shape index (κ2) is 7.24. The van der Waals surface area contributed by atoms with Crippen molar-refractivity contribution in [1.82, 2.24) is 9.55 Å². The zero-order chi connectivity index (χ0) is 20.1. The van der Waals surface area contributed by atoms with Crippen LogP contribution in [0.15, 0.2) is 34.2 Å². The van der Waals surface area contributed by atoms with Gasteiger partial charge in [0.15, 0.2) is 5.16 Å². The van der Waals surface area contributed by atoms with E-state index in [1.165, 1.54) is 4.88 Å². The Kier molecular flexibility index (Phi) is 5.05. The molecule has 0 bridgehead atoms. The van der Waals surface area contributed by atoms with Crippen LogP contribution in [0.5, 0.6) is 0 Å². The molecule has 0 saturated heterocycles. The number of aliphatic carboxylic acids is 1. The van der Waals surface area contributed by atoms with Crippen molar-refractivity contribution in [3.63, 3.8) is 0 Å². The number of carboxylic acid groups (broad SMARTS) is 1. The van der Waals surface area contributed by atoms with Gasteiger partial charge in [-0.1, -0.05) is 43.3 Å². The highest BCUT2D eigenvalue weighted by Gasteiger charge is 2.31. The lowest BCUT2D eigenvalue weighted by Crippen LogP contribution is -2.26. The largest absolute Gasteiger partial charge is 0.481 e. The number of thiophene rings is 1. The minimum absolute atomic E-state index is 0.0822. The van der Waals surface area contributed by atoms with Gasteiger partial charge in [-0.15, -0.1) is 23.1 Å². The van der Waals surface area contributed by atoms with E-state index in [-0.39, 0.29) is 16.1 Å². The molecule has 1 aliphatic rings. The van der Waals surface area contributed by atoms with Crippen molar-refractivity contribution in [3.05, 3.63) is 50.6 Å². The molecule has 1 aromatic carbocycles. The van der Waals surface area contributed by atoms with Gasteiger partial charge < -0.3 is 5.11 Å². The number of aromatic nitrogens is 2. The lowest BCUT2D eigenvalue weighted by molar-refractivity contribution is -0.133. The van der Waals surface area contributed by atoms with Crippen LogP contribution in [0.25, 0.3) is 15.9 Å². The van der Waals surface area contributed by atoms with E-state index in [0.717, 1.165) is 35.1 Å². The van der Waals surface area contributed by atoms with Crippen LogP contribution in [0, 0.1) is 6.92 Å². The van der Waals surface area contributed by atoms with Gasteiger partial charge in [-0.05, 0) is 31.0 Å². The molecule has 5 nitrogen and oxygen atoms in total. The van der Waals surface area contributed by atoms with E-state index in [1.54, 1.807) is 15.9 Å². The average Bonchev–Trinajstić information content (AvgIpc) is 2.97. The molecule has 4 rings (SSSR count). The summed E-state index contributed by atoms with van der Waals surface area (Å²) >= 11 is 4.54. The van der Waals surface area contributed by atoms with Gasteiger partial charge in [-0.25, -0.2) is 4.98 Å². The number of hydrogen-bond acceptors (Lipinski definition) is 6. The molecule has 0 saturated carbocycles. The van der Waals surface area contributed by atoms with Gasteiger partial charge >= 0.3 is 5.97 Å². The smallest absolute Gasteiger partial charge is 0.313 e. The fourth-order valence-corrected chi connectivity index (χ4v) is 6.43. The molecule has 0 spiro atoms. The van der Waals surface area contributed by atoms with E-state index in [0.29, 0.717) is 21.1 Å². The highest BCUT2D eigenvalue weighted by atomic mass is 32.2. The van der Waals surface area contributed by atoms with Crippen molar-refractivity contribution in [2.24, 2.45) is 0 Å². The van der Waals surface area contributed by atoms with E-state index in [4.69, 9.17) is 10.1 Å². The minimum atomic E-state index is -0.932. The Hall–Kier alpha value is -1.77. The molecule has 0 unspecified atom stereocenters. The first-order chi connectivity index (χ1) is 13.2. The normalized spacial score (nSPS) is 15.5. The summed E-state index contributed by atoms with van der Waals surface area (Å²) in [5.41, 5.74) is 2.80. The first-order valence-electron chi connectivity index (χ1n) is 8.88. The summed E-state index contributed by atoms with van der Waals surface area (Å²) in [6.07, 6.45) is 0.833. The number of fused-ring (bicyclic) bond motifs is 3. The Balaban J connectivity index is 1.97. The third-order valence-electron chi connectivity index (χ3n) is 4.69. The van der Waals surface area contributed by atoms with Gasteiger partial charge in [-0.3, -0.25) is 14.2 Å². The van der Waals surface area contributed by atoms with Gasteiger partial charge in [0, 0.05) is 15.4 Å². The molecule has 1 aliphatic heterocycles. The average molecular weight is 433 g/mol. The van der Waals surface area contributed by atoms with Crippen molar-refractivity contribution >= 4 is 51.0 Å². The molecule has 8 heteroatoms. The van der Waals surface area contributed by atoms with E-state index in [1.807, 2.05) is 43.0 Å². The molecular weight excluding hydrogens is 412 g/mol. The van der Waals surface area contributed by atoms with E-state index >= 15 is 0 Å². The SMILES string of the molecule is Cc1ccc(-n2c(SCC(=O)O)nc3sc4c(c3c2=O)CC(C)(C)SC4)cc1. The monoisotopic (exact) mass is 432 g/mol. The number of thioether (sulfide) groups is 2. The van der Waals surface area contributed by atoms with Crippen molar-refractivity contribution in [2.45, 2.75) is 42.8 Å². The van der Waals surface area contributed by atoms with Gasteiger partial charge in [0.2, 0.25) is 0 Å². The number of nitrogens with zero attached hydrogens (tertiary/aromatic N) is 2. The van der Waals surface area contributed by atoms with Crippen LogP contribution in [0.1, 0.15) is 29.9 Å². The summed E-state index contributed by atoms with van der Waals surface area (Å²) < 4.78 is 1.65. The molecule has 3 aromatic rings. The summed E-state index contributed by atoms with van der Waals surface area (Å²) in [6, 6.07) is 7.66. The van der Waals surface area contributed by atoms with Crippen molar-refractivity contribution in [2.75, 3.05) is 5.75 Å². The third-order valence-corrected chi connectivity index (χ3v) is 8.28. The van der Waals surface area contributed by atoms with E-state index in [2.05, 4.69) is 13.8 Å². The molecule has 0 atom stereocenters. The summed E-state index contributed by atoms with van der Waals surface area (Å²) in [7, 11) is 0. The summed E-state index contributed by atoms with van der Waals surface area (Å²) in [5.74, 6) is -0.193. The second-order valence-electron chi connectivity index (χ2n) is 7.46. The third kappa shape index (κ3) is 3.60. The Morgan fingerprint density at radius 1 is 1.32 bits per heavy atom. The summed E-state index contributed by atoms with van der Waals surface area (Å²) in [6.45, 7) is 6.39. The molecule has 0 fully saturated rings. The zero-order valence-electron chi connectivity index (χ0n) is 15.8. The molecule has 2 aromatic heterocycles. The topological polar surface area (TPSA) is 72.2 Å². The standard InChI is InChI=1S/C20H20N2O3S3/c1-11-4-6-12(7-5-11)22-18(25)16-13-8-20(2,3)27-9-14(13)28-17(16)21-19(22)26-10-15(23)24/h4-7H,8-10H2,1-3H3,(H,23,24). The Bertz CT molecular complexity index is 1130.